The number of benzene rings is 1. The van der Waals surface area contributed by atoms with Crippen LogP contribution >= 0.6 is 0 Å². The predicted octanol–water partition coefficient (Wildman–Crippen LogP) is 3.63. The fourth-order valence-electron chi connectivity index (χ4n) is 3.06. The van der Waals surface area contributed by atoms with Crippen LogP contribution in [0, 0.1) is 0 Å². The van der Waals surface area contributed by atoms with Gasteiger partial charge in [-0.1, -0.05) is 26.2 Å². The summed E-state index contributed by atoms with van der Waals surface area (Å²) in [6.45, 7) is 5.99. The van der Waals surface area contributed by atoms with Gasteiger partial charge in [0.05, 0.1) is 12.0 Å². The van der Waals surface area contributed by atoms with Gasteiger partial charge in [-0.25, -0.2) is 0 Å². The third-order valence-corrected chi connectivity index (χ3v) is 5.04. The van der Waals surface area contributed by atoms with Crippen molar-refractivity contribution in [1.29, 1.82) is 0 Å². The molecule has 0 unspecified atom stereocenters. The number of hydrogen-bond acceptors (Lipinski definition) is 3. The molecule has 0 radical (unpaired) electrons. The van der Waals surface area contributed by atoms with Crippen molar-refractivity contribution in [3.05, 3.63) is 29.8 Å². The van der Waals surface area contributed by atoms with Gasteiger partial charge in [-0.3, -0.25) is 9.59 Å². The molecule has 0 aliphatic heterocycles. The molecule has 25 heavy (non-hydrogen) atoms. The number of carbonyl (C=O) groups excluding carboxylic acids is 2. The minimum absolute atomic E-state index is 0.124. The molecule has 0 atom stereocenters. The van der Waals surface area contributed by atoms with Gasteiger partial charge in [-0.2, -0.15) is 0 Å². The highest BCUT2D eigenvalue weighted by atomic mass is 16.3. The summed E-state index contributed by atoms with van der Waals surface area (Å²) in [5.41, 5.74) is 0.0778. The molecule has 1 saturated carbocycles. The zero-order valence-electron chi connectivity index (χ0n) is 15.5. The quantitative estimate of drug-likeness (QED) is 0.736. The van der Waals surface area contributed by atoms with E-state index in [0.29, 0.717) is 24.1 Å². The van der Waals surface area contributed by atoms with E-state index in [1.807, 2.05) is 20.8 Å². The molecule has 3 N–H and O–H groups in total. The van der Waals surface area contributed by atoms with Gasteiger partial charge < -0.3 is 15.7 Å². The topological polar surface area (TPSA) is 78.4 Å². The highest BCUT2D eigenvalue weighted by Crippen LogP contribution is 2.31. The van der Waals surface area contributed by atoms with Gasteiger partial charge in [0.25, 0.3) is 5.91 Å². The van der Waals surface area contributed by atoms with Crippen molar-refractivity contribution < 1.29 is 14.7 Å². The highest BCUT2D eigenvalue weighted by Gasteiger charge is 2.31. The van der Waals surface area contributed by atoms with Gasteiger partial charge >= 0.3 is 0 Å². The van der Waals surface area contributed by atoms with Crippen LogP contribution < -0.4 is 10.6 Å². The molecule has 2 rings (SSSR count). The van der Waals surface area contributed by atoms with Crippen molar-refractivity contribution in [3.8, 4) is 0 Å². The van der Waals surface area contributed by atoms with Crippen LogP contribution in [-0.2, 0) is 4.79 Å². The Labute approximate surface area is 150 Å². The van der Waals surface area contributed by atoms with Crippen LogP contribution in [0.2, 0.25) is 0 Å². The standard InChI is InChI=1S/C20H30N2O3/c1-4-19(2,3)22-18(24)15-8-10-16(11-9-15)21-17(23)14-20(25)12-6-5-7-13-20/h8-11,25H,4-7,12-14H2,1-3H3,(H,21,23)(H,22,24). The summed E-state index contributed by atoms with van der Waals surface area (Å²) in [7, 11) is 0. The van der Waals surface area contributed by atoms with Crippen molar-refractivity contribution >= 4 is 17.5 Å². The molecular formula is C20H30N2O3. The number of carbonyl (C=O) groups is 2. The number of nitrogens with one attached hydrogen (secondary N) is 2. The molecule has 1 aliphatic rings. The van der Waals surface area contributed by atoms with Crippen LogP contribution in [0.5, 0.6) is 0 Å². The Morgan fingerprint density at radius 2 is 1.72 bits per heavy atom. The van der Waals surface area contributed by atoms with Crippen molar-refractivity contribution in [3.63, 3.8) is 0 Å². The first-order chi connectivity index (χ1) is 11.7. The summed E-state index contributed by atoms with van der Waals surface area (Å²) in [6, 6.07) is 6.84. The maximum Gasteiger partial charge on any atom is 0.251 e. The van der Waals surface area contributed by atoms with Crippen LogP contribution in [-0.4, -0.2) is 28.1 Å². The van der Waals surface area contributed by atoms with Gasteiger partial charge in [0.1, 0.15) is 0 Å². The largest absolute Gasteiger partial charge is 0.389 e. The number of amides is 2. The Bertz CT molecular complexity index is 602. The van der Waals surface area contributed by atoms with Crippen LogP contribution in [0.1, 0.15) is 76.1 Å². The molecule has 5 nitrogen and oxygen atoms in total. The molecule has 1 aromatic rings. The Morgan fingerprint density at radius 3 is 2.28 bits per heavy atom. The Kier molecular flexibility index (Phi) is 6.22. The minimum Gasteiger partial charge on any atom is -0.389 e. The average molecular weight is 346 g/mol. The van der Waals surface area contributed by atoms with Gasteiger partial charge in [0, 0.05) is 16.8 Å². The molecule has 1 aromatic carbocycles. The van der Waals surface area contributed by atoms with Gasteiger partial charge in [0.15, 0.2) is 0 Å². The fourth-order valence-corrected chi connectivity index (χ4v) is 3.06. The van der Waals surface area contributed by atoms with Crippen LogP contribution in [0.15, 0.2) is 24.3 Å². The molecule has 138 valence electrons. The van der Waals surface area contributed by atoms with Crippen LogP contribution in [0.3, 0.4) is 0 Å². The number of aliphatic hydroxyl groups is 1. The smallest absolute Gasteiger partial charge is 0.251 e. The summed E-state index contributed by atoms with van der Waals surface area (Å²) >= 11 is 0. The molecule has 0 aromatic heterocycles. The number of anilines is 1. The average Bonchev–Trinajstić information content (AvgIpc) is 2.55. The summed E-state index contributed by atoms with van der Waals surface area (Å²) < 4.78 is 0. The van der Waals surface area contributed by atoms with E-state index in [4.69, 9.17) is 0 Å². The van der Waals surface area contributed by atoms with Crippen molar-refractivity contribution in [2.75, 3.05) is 5.32 Å². The summed E-state index contributed by atoms with van der Waals surface area (Å²) in [5, 5.41) is 16.2. The predicted molar refractivity (Wildman–Crippen MR) is 99.6 cm³/mol. The van der Waals surface area contributed by atoms with Crippen molar-refractivity contribution in [1.82, 2.24) is 5.32 Å². The van der Waals surface area contributed by atoms with Gasteiger partial charge in [0.2, 0.25) is 5.91 Å². The second-order valence-electron chi connectivity index (χ2n) is 7.78. The van der Waals surface area contributed by atoms with E-state index >= 15 is 0 Å². The number of rotatable bonds is 6. The van der Waals surface area contributed by atoms with E-state index in [0.717, 1.165) is 25.7 Å². The molecule has 1 aliphatic carbocycles. The lowest BCUT2D eigenvalue weighted by Gasteiger charge is -2.31. The van der Waals surface area contributed by atoms with Crippen LogP contribution in [0.25, 0.3) is 0 Å². The van der Waals surface area contributed by atoms with E-state index in [2.05, 4.69) is 10.6 Å². The second kappa shape index (κ2) is 8.00. The maximum atomic E-state index is 12.2. The highest BCUT2D eigenvalue weighted by molar-refractivity contribution is 5.96. The fraction of sp³-hybridized carbons (Fsp3) is 0.600. The third kappa shape index (κ3) is 5.85. The summed E-state index contributed by atoms with van der Waals surface area (Å²) in [4.78, 5) is 24.4. The molecular weight excluding hydrogens is 316 g/mol. The van der Waals surface area contributed by atoms with Crippen LogP contribution in [0.4, 0.5) is 5.69 Å². The summed E-state index contributed by atoms with van der Waals surface area (Å²) in [6.07, 6.45) is 5.42. The third-order valence-electron chi connectivity index (χ3n) is 5.04. The Morgan fingerprint density at radius 1 is 1.12 bits per heavy atom. The zero-order valence-corrected chi connectivity index (χ0v) is 15.5. The first kappa shape index (κ1) is 19.4. The monoisotopic (exact) mass is 346 g/mol. The molecule has 1 fully saturated rings. The van der Waals surface area contributed by atoms with E-state index < -0.39 is 5.60 Å². The normalized spacial score (nSPS) is 17.0. The SMILES string of the molecule is CCC(C)(C)NC(=O)c1ccc(NC(=O)CC2(O)CCCCC2)cc1. The van der Waals surface area contributed by atoms with Gasteiger partial charge in [-0.05, 0) is 57.4 Å². The van der Waals surface area contributed by atoms with E-state index in [1.54, 1.807) is 24.3 Å². The second-order valence-corrected chi connectivity index (χ2v) is 7.78. The van der Waals surface area contributed by atoms with E-state index in [1.165, 1.54) is 0 Å². The lowest BCUT2D eigenvalue weighted by molar-refractivity contribution is -0.122. The maximum absolute atomic E-state index is 12.2. The first-order valence-corrected chi connectivity index (χ1v) is 9.18. The van der Waals surface area contributed by atoms with Gasteiger partial charge in [-0.15, -0.1) is 0 Å². The van der Waals surface area contributed by atoms with E-state index in [9.17, 15) is 14.7 Å². The lowest BCUT2D eigenvalue weighted by atomic mass is 9.82. The lowest BCUT2D eigenvalue weighted by Crippen LogP contribution is -2.42. The molecule has 0 bridgehead atoms. The molecule has 0 heterocycles. The van der Waals surface area contributed by atoms with E-state index in [-0.39, 0.29) is 23.8 Å². The Hall–Kier alpha value is -1.88. The summed E-state index contributed by atoms with van der Waals surface area (Å²) in [5.74, 6) is -0.310. The first-order valence-electron chi connectivity index (χ1n) is 9.18. The molecule has 0 saturated heterocycles. The molecule has 2 amide bonds. The van der Waals surface area contributed by atoms with Crippen molar-refractivity contribution in [2.45, 2.75) is 76.9 Å². The molecule has 5 heteroatoms. The zero-order chi connectivity index (χ0) is 18.5. The number of hydrogen-bond donors (Lipinski definition) is 3. The molecule has 0 spiro atoms. The van der Waals surface area contributed by atoms with Crippen molar-refractivity contribution in [2.24, 2.45) is 0 Å². The Balaban J connectivity index is 1.91. The minimum atomic E-state index is -0.867.